The van der Waals surface area contributed by atoms with Gasteiger partial charge in [-0.2, -0.15) is 0 Å². The fraction of sp³-hybridized carbons (Fsp3) is 0.235. The molecule has 0 bridgehead atoms. The molecule has 2 aromatic rings. The Labute approximate surface area is 139 Å². The first-order valence-corrected chi connectivity index (χ1v) is 7.19. The second-order valence-electron chi connectivity index (χ2n) is 5.11. The van der Waals surface area contributed by atoms with Gasteiger partial charge >= 0.3 is 5.66 Å². The van der Waals surface area contributed by atoms with Gasteiger partial charge in [0.1, 0.15) is 0 Å². The molecule has 0 spiro atoms. The number of hydrogen-bond acceptors (Lipinski definition) is 5. The van der Waals surface area contributed by atoms with E-state index in [-0.39, 0.29) is 6.42 Å². The van der Waals surface area contributed by atoms with Gasteiger partial charge in [0, 0.05) is 0 Å². The van der Waals surface area contributed by atoms with Crippen LogP contribution in [-0.2, 0) is 16.9 Å². The highest BCUT2D eigenvalue weighted by molar-refractivity contribution is 5.51. The molecule has 126 valence electrons. The lowest BCUT2D eigenvalue weighted by Gasteiger charge is -2.25. The molecule has 0 aliphatic heterocycles. The highest BCUT2D eigenvalue weighted by Crippen LogP contribution is 2.34. The average molecular weight is 330 g/mol. The van der Waals surface area contributed by atoms with Crippen molar-refractivity contribution in [1.29, 1.82) is 0 Å². The van der Waals surface area contributed by atoms with Crippen molar-refractivity contribution in [1.82, 2.24) is 5.32 Å². The number of carbonyl (C=O) groups is 1. The van der Waals surface area contributed by atoms with Gasteiger partial charge in [0.25, 0.3) is 0 Å². The Balaban J connectivity index is 2.57. The molecule has 0 saturated carbocycles. The zero-order chi connectivity index (χ0) is 17.6. The second kappa shape index (κ2) is 7.45. The van der Waals surface area contributed by atoms with E-state index in [1.165, 1.54) is 20.3 Å². The van der Waals surface area contributed by atoms with Crippen molar-refractivity contribution in [3.05, 3.63) is 69.8 Å². The normalized spacial score (nSPS) is 12.8. The largest absolute Gasteiger partial charge is 0.493 e. The second-order valence-corrected chi connectivity index (χ2v) is 5.11. The predicted octanol–water partition coefficient (Wildman–Crippen LogP) is 2.12. The third-order valence-corrected chi connectivity index (χ3v) is 3.77. The first kappa shape index (κ1) is 17.3. The molecule has 0 fully saturated rings. The number of ether oxygens (including phenoxy) is 2. The molecule has 0 aliphatic carbocycles. The van der Waals surface area contributed by atoms with Crippen molar-refractivity contribution in [3.8, 4) is 11.5 Å². The summed E-state index contributed by atoms with van der Waals surface area (Å²) in [4.78, 5) is 22.5. The molecule has 0 heterocycles. The van der Waals surface area contributed by atoms with Gasteiger partial charge in [-0.15, -0.1) is 0 Å². The molecule has 1 unspecified atom stereocenters. The fourth-order valence-electron chi connectivity index (χ4n) is 2.54. The predicted molar refractivity (Wildman–Crippen MR) is 87.6 cm³/mol. The summed E-state index contributed by atoms with van der Waals surface area (Å²) in [7, 11) is 2.92. The molecule has 7 nitrogen and oxygen atoms in total. The lowest BCUT2D eigenvalue weighted by Crippen LogP contribution is -2.50. The van der Waals surface area contributed by atoms with E-state index in [0.29, 0.717) is 23.5 Å². The number of nitrogens with one attached hydrogen (secondary N) is 1. The zero-order valence-electron chi connectivity index (χ0n) is 13.4. The molecule has 0 aromatic heterocycles. The van der Waals surface area contributed by atoms with Crippen LogP contribution in [-0.4, -0.2) is 25.6 Å². The molecule has 1 N–H and O–H groups in total. The van der Waals surface area contributed by atoms with Crippen LogP contribution >= 0.6 is 0 Å². The van der Waals surface area contributed by atoms with E-state index in [4.69, 9.17) is 9.47 Å². The van der Waals surface area contributed by atoms with Crippen LogP contribution in [0.4, 0.5) is 0 Å². The van der Waals surface area contributed by atoms with Crippen LogP contribution in [0.3, 0.4) is 0 Å². The molecule has 0 aliphatic rings. The van der Waals surface area contributed by atoms with E-state index >= 15 is 0 Å². The maximum Gasteiger partial charge on any atom is 0.325 e. The highest BCUT2D eigenvalue weighted by atomic mass is 16.6. The van der Waals surface area contributed by atoms with Crippen molar-refractivity contribution < 1.29 is 19.2 Å². The van der Waals surface area contributed by atoms with Gasteiger partial charge < -0.3 is 9.47 Å². The maximum atomic E-state index is 11.9. The number of hydrogen-bond donors (Lipinski definition) is 1. The third kappa shape index (κ3) is 3.29. The van der Waals surface area contributed by atoms with Crippen LogP contribution in [0, 0.1) is 10.1 Å². The van der Waals surface area contributed by atoms with Crippen molar-refractivity contribution in [2.75, 3.05) is 14.2 Å². The molecule has 0 saturated heterocycles. The lowest BCUT2D eigenvalue weighted by molar-refractivity contribution is -0.585. The number of methoxy groups -OCH3 is 2. The van der Waals surface area contributed by atoms with Crippen LogP contribution in [0.15, 0.2) is 48.5 Å². The van der Waals surface area contributed by atoms with E-state index in [9.17, 15) is 14.9 Å². The summed E-state index contributed by atoms with van der Waals surface area (Å²) in [6, 6.07) is 13.6. The maximum absolute atomic E-state index is 11.9. The van der Waals surface area contributed by atoms with Gasteiger partial charge in [0.15, 0.2) is 11.5 Å². The van der Waals surface area contributed by atoms with E-state index in [1.807, 2.05) is 6.07 Å². The quantitative estimate of drug-likeness (QED) is 0.346. The standard InChI is InChI=1S/C17H18N2O5/c1-23-15-9-8-14(10-16(15)24-2)17(18-12-20,19(21)22)11-13-6-4-3-5-7-13/h3-10,12H,11H2,1-2H3,(H,18,20). The summed E-state index contributed by atoms with van der Waals surface area (Å²) in [6.07, 6.45) is 0.331. The summed E-state index contributed by atoms with van der Waals surface area (Å²) < 4.78 is 10.4. The van der Waals surface area contributed by atoms with Crippen molar-refractivity contribution >= 4 is 6.41 Å². The van der Waals surface area contributed by atoms with Crippen LogP contribution in [0.25, 0.3) is 0 Å². The molecular formula is C17H18N2O5. The van der Waals surface area contributed by atoms with Crippen molar-refractivity contribution in [3.63, 3.8) is 0 Å². The van der Waals surface area contributed by atoms with Gasteiger partial charge in [-0.3, -0.25) is 20.2 Å². The monoisotopic (exact) mass is 330 g/mol. The van der Waals surface area contributed by atoms with Gasteiger partial charge in [-0.05, 0) is 23.8 Å². The van der Waals surface area contributed by atoms with Gasteiger partial charge in [0.05, 0.1) is 31.1 Å². The van der Waals surface area contributed by atoms with Crippen LogP contribution in [0.1, 0.15) is 11.1 Å². The van der Waals surface area contributed by atoms with Crippen LogP contribution < -0.4 is 14.8 Å². The van der Waals surface area contributed by atoms with E-state index < -0.39 is 10.6 Å². The Hall–Kier alpha value is -3.09. The molecule has 1 amide bonds. The summed E-state index contributed by atoms with van der Waals surface area (Å²) in [5.41, 5.74) is -0.790. The Kier molecular flexibility index (Phi) is 5.36. The summed E-state index contributed by atoms with van der Waals surface area (Å²) in [6.45, 7) is 0. The van der Waals surface area contributed by atoms with E-state index in [2.05, 4.69) is 5.32 Å². The Morgan fingerprint density at radius 1 is 1.12 bits per heavy atom. The third-order valence-electron chi connectivity index (χ3n) is 3.77. The van der Waals surface area contributed by atoms with Crippen molar-refractivity contribution in [2.24, 2.45) is 0 Å². The smallest absolute Gasteiger partial charge is 0.325 e. The van der Waals surface area contributed by atoms with Crippen molar-refractivity contribution in [2.45, 2.75) is 12.1 Å². The molecule has 2 rings (SSSR count). The van der Waals surface area contributed by atoms with Gasteiger partial charge in [0.2, 0.25) is 6.41 Å². The Morgan fingerprint density at radius 3 is 2.33 bits per heavy atom. The number of benzene rings is 2. The number of nitro groups is 1. The Morgan fingerprint density at radius 2 is 1.79 bits per heavy atom. The Bertz CT molecular complexity index is 720. The van der Waals surface area contributed by atoms with E-state index in [0.717, 1.165) is 5.56 Å². The summed E-state index contributed by atoms with van der Waals surface area (Å²) in [5.74, 6) is 0.797. The van der Waals surface area contributed by atoms with E-state index in [1.54, 1.807) is 36.4 Å². The summed E-state index contributed by atoms with van der Waals surface area (Å²) >= 11 is 0. The van der Waals surface area contributed by atoms with Gasteiger partial charge in [-0.25, -0.2) is 0 Å². The lowest BCUT2D eigenvalue weighted by atomic mass is 9.92. The van der Waals surface area contributed by atoms with Gasteiger partial charge in [-0.1, -0.05) is 30.3 Å². The molecule has 1 atom stereocenters. The molecule has 24 heavy (non-hydrogen) atoms. The van der Waals surface area contributed by atoms with Crippen LogP contribution in [0.5, 0.6) is 11.5 Å². The minimum Gasteiger partial charge on any atom is -0.493 e. The average Bonchev–Trinajstić information content (AvgIpc) is 2.61. The fourth-order valence-corrected chi connectivity index (χ4v) is 2.54. The minimum absolute atomic E-state index is 0.00490. The summed E-state index contributed by atoms with van der Waals surface area (Å²) in [5, 5.41) is 14.3. The number of carbonyl (C=O) groups excluding carboxylic acids is 1. The molecule has 7 heteroatoms. The topological polar surface area (TPSA) is 90.7 Å². The minimum atomic E-state index is -1.80. The molecule has 0 radical (unpaired) electrons. The SMILES string of the molecule is COc1ccc(C(Cc2ccccc2)(NC=O)[N+](=O)[O-])cc1OC. The highest BCUT2D eigenvalue weighted by Gasteiger charge is 2.45. The van der Waals surface area contributed by atoms with Crippen LogP contribution in [0.2, 0.25) is 0 Å². The first-order valence-electron chi connectivity index (χ1n) is 7.19. The molecular weight excluding hydrogens is 312 g/mol. The zero-order valence-corrected chi connectivity index (χ0v) is 13.4. The first-order chi connectivity index (χ1) is 11.6. The number of amides is 1. The molecule has 2 aromatic carbocycles. The number of rotatable bonds is 8. The number of nitrogens with zero attached hydrogens (tertiary/aromatic N) is 1.